The van der Waals surface area contributed by atoms with Gasteiger partial charge in [0.2, 0.25) is 0 Å². The van der Waals surface area contributed by atoms with Crippen LogP contribution in [0.2, 0.25) is 0 Å². The van der Waals surface area contributed by atoms with Gasteiger partial charge in [-0.2, -0.15) is 5.10 Å². The second-order valence-corrected chi connectivity index (χ2v) is 4.22. The average molecular weight is 217 g/mol. The van der Waals surface area contributed by atoms with Crippen LogP contribution in [0.5, 0.6) is 0 Å². The minimum Gasteiger partial charge on any atom is -0.382 e. The van der Waals surface area contributed by atoms with Gasteiger partial charge in [0.1, 0.15) is 5.52 Å². The van der Waals surface area contributed by atoms with Crippen molar-refractivity contribution >= 4 is 11.3 Å². The molecule has 3 N–H and O–H groups in total. The van der Waals surface area contributed by atoms with Gasteiger partial charge in [0.15, 0.2) is 11.6 Å². The number of piperidine rings is 1. The fourth-order valence-electron chi connectivity index (χ4n) is 2.23. The molecule has 0 saturated carbocycles. The molecule has 3 rings (SSSR count). The van der Waals surface area contributed by atoms with Crippen LogP contribution in [0.3, 0.4) is 0 Å². The predicted molar refractivity (Wildman–Crippen MR) is 62.2 cm³/mol. The van der Waals surface area contributed by atoms with E-state index in [1.165, 1.54) is 0 Å². The number of nitrogens with zero attached hydrogens (tertiary/aromatic N) is 3. The summed E-state index contributed by atoms with van der Waals surface area (Å²) < 4.78 is 1.82. The third-order valence-corrected chi connectivity index (χ3v) is 3.14. The lowest BCUT2D eigenvalue weighted by Gasteiger charge is -2.21. The van der Waals surface area contributed by atoms with Gasteiger partial charge in [-0.05, 0) is 38.1 Å². The highest BCUT2D eigenvalue weighted by molar-refractivity contribution is 5.64. The molecule has 84 valence electrons. The molecule has 0 aliphatic carbocycles. The molecule has 2 aromatic rings. The van der Waals surface area contributed by atoms with Gasteiger partial charge in [0.05, 0.1) is 0 Å². The summed E-state index contributed by atoms with van der Waals surface area (Å²) in [6.45, 7) is 2.08. The van der Waals surface area contributed by atoms with Crippen molar-refractivity contribution in [2.75, 3.05) is 18.8 Å². The van der Waals surface area contributed by atoms with Gasteiger partial charge < -0.3 is 11.1 Å². The molecule has 0 amide bonds. The van der Waals surface area contributed by atoms with Crippen LogP contribution in [0.1, 0.15) is 24.6 Å². The lowest BCUT2D eigenvalue weighted by atomic mass is 9.97. The van der Waals surface area contributed by atoms with Gasteiger partial charge in [0, 0.05) is 12.1 Å². The minimum absolute atomic E-state index is 0.440. The van der Waals surface area contributed by atoms with E-state index in [1.54, 1.807) is 0 Å². The fourth-order valence-corrected chi connectivity index (χ4v) is 2.23. The number of anilines is 1. The fraction of sp³-hybridized carbons (Fsp3) is 0.455. The van der Waals surface area contributed by atoms with E-state index in [-0.39, 0.29) is 0 Å². The molecular formula is C11H15N5. The van der Waals surface area contributed by atoms with Crippen molar-refractivity contribution < 1.29 is 0 Å². The van der Waals surface area contributed by atoms with E-state index in [1.807, 2.05) is 22.8 Å². The van der Waals surface area contributed by atoms with Crippen molar-refractivity contribution in [1.29, 1.82) is 0 Å². The Bertz CT molecular complexity index is 498. The Hall–Kier alpha value is -1.62. The molecule has 3 heterocycles. The van der Waals surface area contributed by atoms with Gasteiger partial charge in [-0.1, -0.05) is 0 Å². The second kappa shape index (κ2) is 3.75. The Morgan fingerprint density at radius 3 is 3.00 bits per heavy atom. The summed E-state index contributed by atoms with van der Waals surface area (Å²) in [5.41, 5.74) is 6.81. The molecule has 5 heteroatoms. The highest BCUT2D eigenvalue weighted by atomic mass is 15.3. The number of hydrogen-bond acceptors (Lipinski definition) is 4. The number of nitrogens with two attached hydrogens (primary N) is 1. The molecule has 2 aromatic heterocycles. The first-order chi connectivity index (χ1) is 7.84. The number of nitrogens with one attached hydrogen (secondary N) is 1. The van der Waals surface area contributed by atoms with Gasteiger partial charge in [-0.25, -0.2) is 9.50 Å². The van der Waals surface area contributed by atoms with Crippen LogP contribution < -0.4 is 11.1 Å². The Kier molecular flexibility index (Phi) is 2.25. The summed E-state index contributed by atoms with van der Waals surface area (Å²) in [5, 5.41) is 7.86. The van der Waals surface area contributed by atoms with Crippen LogP contribution in [0.4, 0.5) is 5.82 Å². The quantitative estimate of drug-likeness (QED) is 0.740. The standard InChI is InChI=1S/C11H15N5/c12-10-9-2-1-7-16(9)15-11(14-10)8-3-5-13-6-4-8/h1-2,7-8,13H,3-6H2,(H2,12,14,15). The first-order valence-electron chi connectivity index (χ1n) is 5.66. The summed E-state index contributed by atoms with van der Waals surface area (Å²) in [7, 11) is 0. The van der Waals surface area contributed by atoms with Crippen molar-refractivity contribution in [1.82, 2.24) is 19.9 Å². The van der Waals surface area contributed by atoms with Crippen LogP contribution >= 0.6 is 0 Å². The maximum Gasteiger partial charge on any atom is 0.154 e. The first-order valence-corrected chi connectivity index (χ1v) is 5.66. The molecule has 0 bridgehead atoms. The molecular weight excluding hydrogens is 202 g/mol. The van der Waals surface area contributed by atoms with Gasteiger partial charge in [-0.3, -0.25) is 0 Å². The second-order valence-electron chi connectivity index (χ2n) is 4.22. The Labute approximate surface area is 93.7 Å². The zero-order valence-corrected chi connectivity index (χ0v) is 9.06. The largest absolute Gasteiger partial charge is 0.382 e. The Morgan fingerprint density at radius 2 is 2.19 bits per heavy atom. The molecule has 16 heavy (non-hydrogen) atoms. The molecule has 0 aromatic carbocycles. The van der Waals surface area contributed by atoms with Crippen LogP contribution in [-0.2, 0) is 0 Å². The van der Waals surface area contributed by atoms with Crippen molar-refractivity contribution in [3.05, 3.63) is 24.2 Å². The van der Waals surface area contributed by atoms with E-state index in [0.717, 1.165) is 37.3 Å². The van der Waals surface area contributed by atoms with Crippen molar-refractivity contribution in [3.63, 3.8) is 0 Å². The van der Waals surface area contributed by atoms with Crippen LogP contribution in [0.15, 0.2) is 18.3 Å². The monoisotopic (exact) mass is 217 g/mol. The lowest BCUT2D eigenvalue weighted by molar-refractivity contribution is 0.440. The lowest BCUT2D eigenvalue weighted by Crippen LogP contribution is -2.28. The van der Waals surface area contributed by atoms with E-state index < -0.39 is 0 Å². The Morgan fingerprint density at radius 1 is 1.38 bits per heavy atom. The molecule has 0 radical (unpaired) electrons. The molecule has 1 saturated heterocycles. The third-order valence-electron chi connectivity index (χ3n) is 3.14. The van der Waals surface area contributed by atoms with Crippen molar-refractivity contribution in [3.8, 4) is 0 Å². The predicted octanol–water partition coefficient (Wildman–Crippen LogP) is 0.778. The van der Waals surface area contributed by atoms with E-state index in [9.17, 15) is 0 Å². The van der Waals surface area contributed by atoms with Crippen molar-refractivity contribution in [2.45, 2.75) is 18.8 Å². The van der Waals surface area contributed by atoms with E-state index in [0.29, 0.717) is 11.7 Å². The molecule has 0 spiro atoms. The molecule has 1 aliphatic heterocycles. The summed E-state index contributed by atoms with van der Waals surface area (Å²) >= 11 is 0. The number of nitrogen functional groups attached to an aromatic ring is 1. The normalized spacial score (nSPS) is 18.0. The molecule has 5 nitrogen and oxygen atoms in total. The minimum atomic E-state index is 0.440. The molecule has 1 fully saturated rings. The number of rotatable bonds is 1. The van der Waals surface area contributed by atoms with E-state index in [2.05, 4.69) is 15.4 Å². The third kappa shape index (κ3) is 1.53. The number of hydrogen-bond donors (Lipinski definition) is 2. The van der Waals surface area contributed by atoms with E-state index in [4.69, 9.17) is 5.73 Å². The SMILES string of the molecule is Nc1nc(C2CCNCC2)nn2cccc12. The highest BCUT2D eigenvalue weighted by Crippen LogP contribution is 2.23. The maximum atomic E-state index is 5.92. The zero-order valence-electron chi connectivity index (χ0n) is 9.06. The smallest absolute Gasteiger partial charge is 0.154 e. The van der Waals surface area contributed by atoms with Crippen LogP contribution in [-0.4, -0.2) is 27.7 Å². The summed E-state index contributed by atoms with van der Waals surface area (Å²) in [6, 6.07) is 3.87. The summed E-state index contributed by atoms with van der Waals surface area (Å²) in [5.74, 6) is 1.89. The average Bonchev–Trinajstić information content (AvgIpc) is 2.79. The molecule has 1 aliphatic rings. The summed E-state index contributed by atoms with van der Waals surface area (Å²) in [4.78, 5) is 4.42. The van der Waals surface area contributed by atoms with Crippen molar-refractivity contribution in [2.24, 2.45) is 0 Å². The van der Waals surface area contributed by atoms with Gasteiger partial charge in [0.25, 0.3) is 0 Å². The molecule has 0 unspecified atom stereocenters. The zero-order chi connectivity index (χ0) is 11.0. The van der Waals surface area contributed by atoms with Crippen LogP contribution in [0.25, 0.3) is 5.52 Å². The molecule has 0 atom stereocenters. The van der Waals surface area contributed by atoms with Gasteiger partial charge in [-0.15, -0.1) is 0 Å². The van der Waals surface area contributed by atoms with Crippen LogP contribution in [0, 0.1) is 0 Å². The highest BCUT2D eigenvalue weighted by Gasteiger charge is 2.19. The first kappa shape index (κ1) is 9.59. The topological polar surface area (TPSA) is 68.2 Å². The Balaban J connectivity index is 2.02. The summed E-state index contributed by atoms with van der Waals surface area (Å²) in [6.07, 6.45) is 4.09. The maximum absolute atomic E-state index is 5.92. The number of aromatic nitrogens is 3. The number of fused-ring (bicyclic) bond motifs is 1. The van der Waals surface area contributed by atoms with E-state index >= 15 is 0 Å². The van der Waals surface area contributed by atoms with Gasteiger partial charge >= 0.3 is 0 Å².